The third-order valence-corrected chi connectivity index (χ3v) is 6.26. The second-order valence-electron chi connectivity index (χ2n) is 8.47. The summed E-state index contributed by atoms with van der Waals surface area (Å²) >= 11 is 0. The van der Waals surface area contributed by atoms with Crippen LogP contribution in [0.25, 0.3) is 0 Å². The zero-order chi connectivity index (χ0) is 24.8. The van der Waals surface area contributed by atoms with Gasteiger partial charge in [-0.3, -0.25) is 14.4 Å². The van der Waals surface area contributed by atoms with E-state index in [0.29, 0.717) is 24.6 Å². The molecule has 2 aromatic carbocycles. The standard InChI is InChI=1S/C26H25NO7/c1-13-22(30)20(15(3)28)24-21(23(13)31)26(4)18(34-24)12-17(29)19(25(26)32)14(2)27-10-11-33-16-8-6-5-7-9-16/h5-9,12,27,30-31H,10-11H2,1-4H3. The monoisotopic (exact) mass is 463 g/mol. The molecule has 1 unspecified atom stereocenters. The van der Waals surface area contributed by atoms with E-state index >= 15 is 0 Å². The Morgan fingerprint density at radius 3 is 2.44 bits per heavy atom. The van der Waals surface area contributed by atoms with E-state index in [1.54, 1.807) is 6.92 Å². The summed E-state index contributed by atoms with van der Waals surface area (Å²) in [5.74, 6) is -1.79. The molecule has 1 aliphatic heterocycles. The Hall–Kier alpha value is -4.07. The molecule has 3 N–H and O–H groups in total. The Kier molecular flexibility index (Phi) is 5.69. The first-order valence-electron chi connectivity index (χ1n) is 10.8. The maximum absolute atomic E-state index is 13.7. The topological polar surface area (TPSA) is 122 Å². The quantitative estimate of drug-likeness (QED) is 0.258. The van der Waals surface area contributed by atoms with Gasteiger partial charge in [-0.15, -0.1) is 0 Å². The molecular formula is C26H25NO7. The van der Waals surface area contributed by atoms with Crippen molar-refractivity contribution in [2.45, 2.75) is 33.1 Å². The molecule has 2 aliphatic rings. The van der Waals surface area contributed by atoms with Gasteiger partial charge < -0.3 is 25.0 Å². The number of phenols is 2. The van der Waals surface area contributed by atoms with E-state index < -0.39 is 28.5 Å². The van der Waals surface area contributed by atoms with Crippen molar-refractivity contribution in [3.05, 3.63) is 70.1 Å². The van der Waals surface area contributed by atoms with Crippen LogP contribution < -0.4 is 14.8 Å². The third kappa shape index (κ3) is 3.42. The first kappa shape index (κ1) is 23.1. The van der Waals surface area contributed by atoms with E-state index in [1.165, 1.54) is 26.8 Å². The van der Waals surface area contributed by atoms with E-state index in [4.69, 9.17) is 9.47 Å². The van der Waals surface area contributed by atoms with Gasteiger partial charge in [-0.05, 0) is 39.8 Å². The molecule has 1 heterocycles. The SMILES string of the molecule is CC(=O)c1c(O)c(C)c(O)c2c1OC1=CC(=O)C(=C(C)NCCOc3ccccc3)C(=O)C12C. The normalized spacial score (nSPS) is 20.2. The number of phenolic OH excluding ortho intramolecular Hbond substituents is 2. The van der Waals surface area contributed by atoms with Crippen LogP contribution in [0.1, 0.15) is 42.3 Å². The highest BCUT2D eigenvalue weighted by Gasteiger charge is 2.56. The van der Waals surface area contributed by atoms with Crippen molar-refractivity contribution < 1.29 is 34.1 Å². The van der Waals surface area contributed by atoms with Crippen LogP contribution in [0.3, 0.4) is 0 Å². The average molecular weight is 463 g/mol. The summed E-state index contributed by atoms with van der Waals surface area (Å²) in [6.45, 7) is 6.50. The molecule has 8 nitrogen and oxygen atoms in total. The van der Waals surface area contributed by atoms with Crippen LogP contribution >= 0.6 is 0 Å². The lowest BCUT2D eigenvalue weighted by Gasteiger charge is -2.29. The van der Waals surface area contributed by atoms with Crippen LogP contribution in [-0.2, 0) is 15.0 Å². The molecule has 0 fully saturated rings. The highest BCUT2D eigenvalue weighted by atomic mass is 16.5. The number of para-hydroxylation sites is 1. The Morgan fingerprint density at radius 1 is 1.12 bits per heavy atom. The van der Waals surface area contributed by atoms with Gasteiger partial charge in [0, 0.05) is 23.9 Å². The number of ether oxygens (including phenoxy) is 2. The Balaban J connectivity index is 1.69. The van der Waals surface area contributed by atoms with Crippen molar-refractivity contribution >= 4 is 17.3 Å². The predicted molar refractivity (Wildman–Crippen MR) is 123 cm³/mol. The molecule has 34 heavy (non-hydrogen) atoms. The van der Waals surface area contributed by atoms with E-state index in [9.17, 15) is 24.6 Å². The van der Waals surface area contributed by atoms with Gasteiger partial charge in [0.15, 0.2) is 17.3 Å². The van der Waals surface area contributed by atoms with Crippen LogP contribution in [0.15, 0.2) is 53.4 Å². The van der Waals surface area contributed by atoms with Gasteiger partial charge in [0.1, 0.15) is 46.3 Å². The van der Waals surface area contributed by atoms with Crippen LogP contribution in [-0.4, -0.2) is 40.7 Å². The molecule has 2 aromatic rings. The highest BCUT2D eigenvalue weighted by Crippen LogP contribution is 2.57. The van der Waals surface area contributed by atoms with Gasteiger partial charge in [0.2, 0.25) is 0 Å². The number of fused-ring (bicyclic) bond motifs is 3. The van der Waals surface area contributed by atoms with Crippen molar-refractivity contribution in [3.8, 4) is 23.0 Å². The molecule has 4 rings (SSSR count). The fraction of sp³-hybridized carbons (Fsp3) is 0.269. The van der Waals surface area contributed by atoms with Crippen molar-refractivity contribution in [2.24, 2.45) is 0 Å². The molecule has 0 spiro atoms. The van der Waals surface area contributed by atoms with Gasteiger partial charge in [-0.25, -0.2) is 0 Å². The molecule has 8 heteroatoms. The molecule has 1 aliphatic carbocycles. The maximum Gasteiger partial charge on any atom is 0.194 e. The number of carbonyl (C=O) groups is 3. The van der Waals surface area contributed by atoms with Gasteiger partial charge in [0.25, 0.3) is 0 Å². The number of benzene rings is 2. The van der Waals surface area contributed by atoms with Crippen molar-refractivity contribution in [1.82, 2.24) is 5.32 Å². The molecule has 0 amide bonds. The Bertz CT molecular complexity index is 1290. The van der Waals surface area contributed by atoms with E-state index in [2.05, 4.69) is 5.32 Å². The van der Waals surface area contributed by atoms with Gasteiger partial charge in [-0.1, -0.05) is 18.2 Å². The summed E-state index contributed by atoms with van der Waals surface area (Å²) in [5, 5.41) is 24.3. The van der Waals surface area contributed by atoms with Crippen LogP contribution in [0.5, 0.6) is 23.0 Å². The lowest BCUT2D eigenvalue weighted by molar-refractivity contribution is -0.123. The van der Waals surface area contributed by atoms with E-state index in [1.807, 2.05) is 30.3 Å². The number of carbonyl (C=O) groups excluding carboxylic acids is 3. The Labute approximate surface area is 196 Å². The largest absolute Gasteiger partial charge is 0.507 e. The molecule has 0 bridgehead atoms. The summed E-state index contributed by atoms with van der Waals surface area (Å²) < 4.78 is 11.4. The highest BCUT2D eigenvalue weighted by molar-refractivity contribution is 6.31. The minimum Gasteiger partial charge on any atom is -0.507 e. The first-order valence-corrected chi connectivity index (χ1v) is 10.8. The average Bonchev–Trinajstić information content (AvgIpc) is 3.09. The number of hydrogen-bond acceptors (Lipinski definition) is 8. The van der Waals surface area contributed by atoms with E-state index in [0.717, 1.165) is 0 Å². The minimum atomic E-state index is -1.53. The number of aromatic hydroxyl groups is 2. The second-order valence-corrected chi connectivity index (χ2v) is 8.47. The number of nitrogens with one attached hydrogen (secondary N) is 1. The summed E-state index contributed by atoms with van der Waals surface area (Å²) in [4.78, 5) is 38.8. The maximum atomic E-state index is 13.7. The second kappa shape index (κ2) is 8.37. The van der Waals surface area contributed by atoms with Crippen molar-refractivity contribution in [2.75, 3.05) is 13.2 Å². The predicted octanol–water partition coefficient (Wildman–Crippen LogP) is 3.24. The molecule has 1 atom stereocenters. The van der Waals surface area contributed by atoms with Crippen LogP contribution in [0.4, 0.5) is 0 Å². The summed E-state index contributed by atoms with van der Waals surface area (Å²) in [7, 11) is 0. The summed E-state index contributed by atoms with van der Waals surface area (Å²) in [6.07, 6.45) is 1.19. The Morgan fingerprint density at radius 2 is 1.79 bits per heavy atom. The smallest absolute Gasteiger partial charge is 0.194 e. The molecular weight excluding hydrogens is 438 g/mol. The van der Waals surface area contributed by atoms with Gasteiger partial charge in [0.05, 0.1) is 11.1 Å². The van der Waals surface area contributed by atoms with Crippen LogP contribution in [0, 0.1) is 6.92 Å². The minimum absolute atomic E-state index is 0.00395. The molecule has 0 saturated heterocycles. The third-order valence-electron chi connectivity index (χ3n) is 6.26. The molecule has 0 radical (unpaired) electrons. The zero-order valence-corrected chi connectivity index (χ0v) is 19.3. The van der Waals surface area contributed by atoms with Crippen molar-refractivity contribution in [1.29, 1.82) is 0 Å². The number of ketones is 3. The number of Topliss-reactive ketones (excluding diaryl/α,β-unsaturated/α-hetero) is 2. The molecule has 0 saturated carbocycles. The van der Waals surface area contributed by atoms with E-state index in [-0.39, 0.29) is 39.5 Å². The molecule has 176 valence electrons. The fourth-order valence-electron chi connectivity index (χ4n) is 4.37. The summed E-state index contributed by atoms with van der Waals surface area (Å²) in [5.41, 5.74) is -1.27. The zero-order valence-electron chi connectivity index (χ0n) is 19.3. The van der Waals surface area contributed by atoms with Crippen molar-refractivity contribution in [3.63, 3.8) is 0 Å². The lowest BCUT2D eigenvalue weighted by Crippen LogP contribution is -2.41. The summed E-state index contributed by atoms with van der Waals surface area (Å²) in [6, 6.07) is 9.25. The van der Waals surface area contributed by atoms with Gasteiger partial charge >= 0.3 is 0 Å². The lowest BCUT2D eigenvalue weighted by atomic mass is 9.70. The first-order chi connectivity index (χ1) is 16.1. The molecule has 0 aromatic heterocycles. The van der Waals surface area contributed by atoms with Gasteiger partial charge in [-0.2, -0.15) is 0 Å². The number of hydrogen-bond donors (Lipinski definition) is 3. The van der Waals surface area contributed by atoms with Crippen LogP contribution in [0.2, 0.25) is 0 Å². The number of allylic oxidation sites excluding steroid dienone is 4. The number of rotatable bonds is 6. The fourth-order valence-corrected chi connectivity index (χ4v) is 4.37.